The number of alkyl carbamates (subject to hydrolysis) is 1. The van der Waals surface area contributed by atoms with Crippen LogP contribution in [0.3, 0.4) is 0 Å². The van der Waals surface area contributed by atoms with Crippen LogP contribution in [-0.4, -0.2) is 75.1 Å². The molecule has 2 heterocycles. The van der Waals surface area contributed by atoms with Crippen LogP contribution in [0.2, 0.25) is 0 Å². The molecule has 1 aromatic heterocycles. The van der Waals surface area contributed by atoms with Gasteiger partial charge in [-0.2, -0.15) is 0 Å². The largest absolute Gasteiger partial charge is 0.444 e. The number of amides is 4. The first-order valence-corrected chi connectivity index (χ1v) is 16.4. The van der Waals surface area contributed by atoms with Gasteiger partial charge >= 0.3 is 6.09 Å². The minimum Gasteiger partial charge on any atom is -0.444 e. The van der Waals surface area contributed by atoms with Gasteiger partial charge in [-0.3, -0.25) is 14.4 Å². The maximum absolute atomic E-state index is 14.3. The molecule has 3 N–H and O–H groups in total. The Hall–Kier alpha value is -4.78. The Morgan fingerprint density at radius 2 is 1.69 bits per heavy atom. The van der Waals surface area contributed by atoms with Gasteiger partial charge in [0.1, 0.15) is 29.0 Å². The zero-order valence-corrected chi connectivity index (χ0v) is 29.0. The van der Waals surface area contributed by atoms with Crippen molar-refractivity contribution >= 4 is 29.6 Å². The number of aromatic nitrogens is 2. The molecule has 264 valence electrons. The maximum Gasteiger partial charge on any atom is 0.408 e. The summed E-state index contributed by atoms with van der Waals surface area (Å²) in [5.41, 5.74) is -0.918. The third kappa shape index (κ3) is 10.9. The lowest BCUT2D eigenvalue weighted by Gasteiger charge is -2.33. The van der Waals surface area contributed by atoms with Gasteiger partial charge in [-0.05, 0) is 76.6 Å². The van der Waals surface area contributed by atoms with Gasteiger partial charge in [-0.1, -0.05) is 49.4 Å². The molecule has 1 aliphatic heterocycles. The molecule has 4 amide bonds. The first kappa shape index (κ1) is 37.0. The summed E-state index contributed by atoms with van der Waals surface area (Å²) >= 11 is 0. The van der Waals surface area contributed by atoms with E-state index >= 15 is 0 Å². The number of piperidine rings is 1. The van der Waals surface area contributed by atoms with E-state index in [-0.39, 0.29) is 24.9 Å². The van der Waals surface area contributed by atoms with E-state index < -0.39 is 46.9 Å². The summed E-state index contributed by atoms with van der Waals surface area (Å²) in [7, 11) is 0. The van der Waals surface area contributed by atoms with E-state index in [1.54, 1.807) is 37.8 Å². The predicted molar refractivity (Wildman–Crippen MR) is 182 cm³/mol. The number of ether oxygens (including phenoxy) is 2. The molecular formula is C36H47FN6O6. The molecule has 0 aliphatic carbocycles. The van der Waals surface area contributed by atoms with E-state index in [1.165, 1.54) is 43.1 Å². The number of hydrogen-bond acceptors (Lipinski definition) is 7. The number of carbonyl (C=O) groups is 4. The smallest absolute Gasteiger partial charge is 0.408 e. The zero-order valence-electron chi connectivity index (χ0n) is 29.0. The normalized spacial score (nSPS) is 15.2. The van der Waals surface area contributed by atoms with Crippen molar-refractivity contribution in [1.29, 1.82) is 0 Å². The number of hydrogen-bond donors (Lipinski definition) is 3. The molecule has 0 saturated carbocycles. The van der Waals surface area contributed by atoms with Crippen molar-refractivity contribution in [3.63, 3.8) is 0 Å². The maximum atomic E-state index is 14.3. The second kappa shape index (κ2) is 16.1. The Morgan fingerprint density at radius 1 is 1.00 bits per heavy atom. The fourth-order valence-electron chi connectivity index (χ4n) is 5.28. The van der Waals surface area contributed by atoms with E-state index in [2.05, 4.69) is 27.9 Å². The summed E-state index contributed by atoms with van der Waals surface area (Å²) in [6.45, 7) is 11.4. The lowest BCUT2D eigenvalue weighted by molar-refractivity contribution is -0.135. The Bertz CT molecular complexity index is 1600. The first-order chi connectivity index (χ1) is 23.1. The van der Waals surface area contributed by atoms with Gasteiger partial charge in [-0.15, -0.1) is 0 Å². The molecule has 1 fully saturated rings. The average Bonchev–Trinajstić information content (AvgIpc) is 3.47. The summed E-state index contributed by atoms with van der Waals surface area (Å²) in [5, 5.41) is 7.92. The van der Waals surface area contributed by atoms with Crippen LogP contribution < -0.4 is 16.0 Å². The monoisotopic (exact) mass is 678 g/mol. The highest BCUT2D eigenvalue weighted by atomic mass is 19.1. The minimum absolute atomic E-state index is 0.111. The van der Waals surface area contributed by atoms with Crippen molar-refractivity contribution in [2.75, 3.05) is 25.0 Å². The van der Waals surface area contributed by atoms with Crippen LogP contribution in [-0.2, 0) is 30.5 Å². The van der Waals surface area contributed by atoms with Crippen molar-refractivity contribution in [1.82, 2.24) is 25.1 Å². The van der Waals surface area contributed by atoms with E-state index in [9.17, 15) is 23.6 Å². The number of anilines is 1. The van der Waals surface area contributed by atoms with Crippen molar-refractivity contribution in [2.45, 2.75) is 84.2 Å². The lowest BCUT2D eigenvalue weighted by atomic mass is 9.97. The predicted octanol–water partition coefficient (Wildman–Crippen LogP) is 4.81. The van der Waals surface area contributed by atoms with Crippen LogP contribution in [0.25, 0.3) is 0 Å². The number of halogens is 1. The standard InChI is InChI=1S/C36H47FN6O6/c1-24-15-17-42(18-16-24)32(45)30(26-13-10-14-27(37)19-26)43-20-29(38-23-43)40-31(44)28(22-48-21-25-11-8-7-9-12-25)39-33(46)36(5,6)41-34(47)49-35(2,3)4/h7-14,19-20,23-24,28,30H,15-18,21-22H2,1-6H3,(H,39,46)(H,40,44)(H,41,47). The number of rotatable bonds is 12. The van der Waals surface area contributed by atoms with Gasteiger partial charge in [0.15, 0.2) is 5.82 Å². The van der Waals surface area contributed by atoms with Gasteiger partial charge in [0.05, 0.1) is 19.5 Å². The molecule has 1 saturated heterocycles. The molecule has 2 aromatic carbocycles. The third-order valence-corrected chi connectivity index (χ3v) is 8.04. The molecule has 0 radical (unpaired) electrons. The highest BCUT2D eigenvalue weighted by Gasteiger charge is 2.35. The van der Waals surface area contributed by atoms with Gasteiger partial charge in [0, 0.05) is 19.3 Å². The molecule has 4 rings (SSSR count). The molecule has 2 atom stereocenters. The van der Waals surface area contributed by atoms with Gasteiger partial charge in [0.2, 0.25) is 11.8 Å². The summed E-state index contributed by atoms with van der Waals surface area (Å²) in [6.07, 6.45) is 3.85. The minimum atomic E-state index is -1.45. The van der Waals surface area contributed by atoms with Crippen LogP contribution in [0, 0.1) is 11.7 Å². The number of carbonyl (C=O) groups excluding carboxylic acids is 4. The molecule has 2 unspecified atom stereocenters. The fourth-order valence-corrected chi connectivity index (χ4v) is 5.28. The molecule has 49 heavy (non-hydrogen) atoms. The molecule has 0 bridgehead atoms. The molecule has 13 heteroatoms. The second-order valence-corrected chi connectivity index (χ2v) is 13.9. The number of imidazole rings is 1. The Morgan fingerprint density at radius 3 is 2.35 bits per heavy atom. The van der Waals surface area contributed by atoms with Crippen molar-refractivity contribution < 1.29 is 33.0 Å². The molecule has 3 aromatic rings. The molecule has 0 spiro atoms. The van der Waals surface area contributed by atoms with E-state index in [1.807, 2.05) is 30.3 Å². The Labute approximate surface area is 286 Å². The van der Waals surface area contributed by atoms with Gasteiger partial charge in [0.25, 0.3) is 5.91 Å². The van der Waals surface area contributed by atoms with Crippen molar-refractivity contribution in [3.05, 3.63) is 84.1 Å². The number of likely N-dealkylation sites (tertiary alicyclic amines) is 1. The number of benzene rings is 2. The topological polar surface area (TPSA) is 144 Å². The molecular weight excluding hydrogens is 631 g/mol. The molecule has 12 nitrogen and oxygen atoms in total. The molecule has 1 aliphatic rings. The van der Waals surface area contributed by atoms with Gasteiger partial charge < -0.3 is 34.9 Å². The second-order valence-electron chi connectivity index (χ2n) is 13.9. The van der Waals surface area contributed by atoms with E-state index in [4.69, 9.17) is 9.47 Å². The summed E-state index contributed by atoms with van der Waals surface area (Å²) in [6, 6.07) is 13.1. The van der Waals surface area contributed by atoms with Crippen LogP contribution in [0.1, 0.15) is 71.6 Å². The lowest BCUT2D eigenvalue weighted by Crippen LogP contribution is -2.59. The van der Waals surface area contributed by atoms with Crippen LogP contribution >= 0.6 is 0 Å². The van der Waals surface area contributed by atoms with Gasteiger partial charge in [-0.25, -0.2) is 14.2 Å². The average molecular weight is 679 g/mol. The fraction of sp³-hybridized carbons (Fsp3) is 0.472. The highest BCUT2D eigenvalue weighted by Crippen LogP contribution is 2.26. The van der Waals surface area contributed by atoms with E-state index in [0.29, 0.717) is 24.6 Å². The van der Waals surface area contributed by atoms with Crippen molar-refractivity contribution in [2.24, 2.45) is 5.92 Å². The number of nitrogens with zero attached hydrogens (tertiary/aromatic N) is 3. The van der Waals surface area contributed by atoms with Crippen LogP contribution in [0.5, 0.6) is 0 Å². The number of nitrogens with one attached hydrogen (secondary N) is 3. The zero-order chi connectivity index (χ0) is 35.8. The SMILES string of the molecule is CC1CCN(C(=O)C(c2cccc(F)c2)n2cnc(NC(=O)C(COCc3ccccc3)NC(=O)C(C)(C)NC(=O)OC(C)(C)C)c2)CC1. The summed E-state index contributed by atoms with van der Waals surface area (Å²) in [4.78, 5) is 59.4. The first-order valence-electron chi connectivity index (χ1n) is 16.4. The van der Waals surface area contributed by atoms with E-state index in [0.717, 1.165) is 18.4 Å². The highest BCUT2D eigenvalue weighted by molar-refractivity contribution is 5.98. The summed E-state index contributed by atoms with van der Waals surface area (Å²) in [5.74, 6) is -1.35. The Kier molecular flexibility index (Phi) is 12.2. The third-order valence-electron chi connectivity index (χ3n) is 8.04. The quantitative estimate of drug-likeness (QED) is 0.249. The van der Waals surface area contributed by atoms with Crippen LogP contribution in [0.15, 0.2) is 67.1 Å². The van der Waals surface area contributed by atoms with Crippen molar-refractivity contribution in [3.8, 4) is 0 Å². The van der Waals surface area contributed by atoms with Crippen LogP contribution in [0.4, 0.5) is 15.0 Å². The summed E-state index contributed by atoms with van der Waals surface area (Å²) < 4.78 is 27.0. The Balaban J connectivity index is 1.52.